The fraction of sp³-hybridized carbons (Fsp3) is 0.600. The van der Waals surface area contributed by atoms with E-state index < -0.39 is 36.7 Å². The Labute approximate surface area is 146 Å². The molecule has 1 aromatic rings. The van der Waals surface area contributed by atoms with Crippen LogP contribution in [0.15, 0.2) is 12.1 Å². The molecule has 0 aliphatic heterocycles. The number of benzene rings is 1. The lowest BCUT2D eigenvalue weighted by Crippen LogP contribution is -2.28. The molecule has 1 aromatic carbocycles. The lowest BCUT2D eigenvalue weighted by atomic mass is 9.78. The van der Waals surface area contributed by atoms with Gasteiger partial charge >= 0.3 is 15.2 Å². The van der Waals surface area contributed by atoms with E-state index >= 15 is 0 Å². The highest BCUT2D eigenvalue weighted by atomic mass is 31.2. The van der Waals surface area contributed by atoms with Crippen LogP contribution >= 0.6 is 15.2 Å². The number of hydrogen-bond acceptors (Lipinski definition) is 4. The first-order valence-corrected chi connectivity index (χ1v) is 10.7. The summed E-state index contributed by atoms with van der Waals surface area (Å²) in [7, 11) is -11.4. The summed E-state index contributed by atoms with van der Waals surface area (Å²) in [5, 5.41) is 17.3. The van der Waals surface area contributed by atoms with Crippen LogP contribution in [-0.2, 0) is 25.0 Å². The maximum atomic E-state index is 11.8. The summed E-state index contributed by atoms with van der Waals surface area (Å²) in [5.41, 5.74) is -1.66. The lowest BCUT2D eigenvalue weighted by Gasteiger charge is -2.34. The maximum Gasteiger partial charge on any atom is 0.374 e. The summed E-state index contributed by atoms with van der Waals surface area (Å²) in [6.45, 7) is 10.3. The molecule has 0 fully saturated rings. The van der Waals surface area contributed by atoms with E-state index in [0.717, 1.165) is 12.1 Å². The Kier molecular flexibility index (Phi) is 5.51. The summed E-state index contributed by atoms with van der Waals surface area (Å²) in [4.78, 5) is 38.0. The van der Waals surface area contributed by atoms with E-state index in [4.69, 9.17) is 0 Å². The molecule has 25 heavy (non-hydrogen) atoms. The van der Waals surface area contributed by atoms with Gasteiger partial charge in [0.25, 0.3) is 5.08 Å². The summed E-state index contributed by atoms with van der Waals surface area (Å²) in [6, 6.07) is 2.06. The SMILES string of the molecule is CC(C)(C)c1cc(C(O)(P(=O)(O)O)P(=O)(O)O)cc(C(C)(C)C)c1O. The third kappa shape index (κ3) is 4.01. The number of phenols is 1. The molecule has 8 nitrogen and oxygen atoms in total. The van der Waals surface area contributed by atoms with Gasteiger partial charge in [0.1, 0.15) is 5.75 Å². The summed E-state index contributed by atoms with van der Waals surface area (Å²) in [5.74, 6) is -0.150. The zero-order valence-electron chi connectivity index (χ0n) is 15.0. The second kappa shape index (κ2) is 6.17. The molecule has 0 spiro atoms. The second-order valence-corrected chi connectivity index (χ2v) is 12.0. The van der Waals surface area contributed by atoms with Gasteiger partial charge in [-0.05, 0) is 34.1 Å². The van der Waals surface area contributed by atoms with Crippen LogP contribution in [-0.4, -0.2) is 29.8 Å². The Balaban J connectivity index is 4.07. The van der Waals surface area contributed by atoms with Gasteiger partial charge in [-0.25, -0.2) is 0 Å². The van der Waals surface area contributed by atoms with Gasteiger partial charge in [0.15, 0.2) is 0 Å². The van der Waals surface area contributed by atoms with Crippen LogP contribution in [0.25, 0.3) is 0 Å². The molecule has 0 saturated heterocycles. The molecular formula is C15H26O8P2. The quantitative estimate of drug-likeness (QED) is 0.426. The van der Waals surface area contributed by atoms with E-state index in [1.807, 2.05) is 0 Å². The van der Waals surface area contributed by atoms with Crippen LogP contribution in [0.2, 0.25) is 0 Å². The minimum atomic E-state index is -5.68. The number of aromatic hydroxyl groups is 1. The molecule has 10 heteroatoms. The summed E-state index contributed by atoms with van der Waals surface area (Å²) >= 11 is 0. The van der Waals surface area contributed by atoms with Gasteiger partial charge in [-0.3, -0.25) is 9.13 Å². The van der Waals surface area contributed by atoms with Crippen molar-refractivity contribution in [2.75, 3.05) is 0 Å². The van der Waals surface area contributed by atoms with Crippen molar-refractivity contribution >= 4 is 15.2 Å². The Morgan fingerprint density at radius 2 is 1.04 bits per heavy atom. The van der Waals surface area contributed by atoms with E-state index in [2.05, 4.69) is 0 Å². The van der Waals surface area contributed by atoms with Crippen molar-refractivity contribution in [1.29, 1.82) is 0 Å². The molecule has 0 aliphatic carbocycles. The van der Waals surface area contributed by atoms with E-state index in [-0.39, 0.29) is 16.9 Å². The van der Waals surface area contributed by atoms with Crippen LogP contribution in [0.4, 0.5) is 0 Å². The first kappa shape index (κ1) is 22.3. The zero-order valence-corrected chi connectivity index (χ0v) is 16.8. The average Bonchev–Trinajstić information content (AvgIpc) is 2.32. The van der Waals surface area contributed by atoms with E-state index in [0.29, 0.717) is 0 Å². The lowest BCUT2D eigenvalue weighted by molar-refractivity contribution is 0.130. The van der Waals surface area contributed by atoms with Crippen LogP contribution < -0.4 is 0 Å². The van der Waals surface area contributed by atoms with Gasteiger partial charge in [0, 0.05) is 5.56 Å². The summed E-state index contributed by atoms with van der Waals surface area (Å²) in [6.07, 6.45) is 0. The molecule has 0 heterocycles. The van der Waals surface area contributed by atoms with Gasteiger partial charge in [0.05, 0.1) is 0 Å². The Hall–Kier alpha value is -0.720. The summed E-state index contributed by atoms with van der Waals surface area (Å²) < 4.78 is 23.6. The molecule has 144 valence electrons. The van der Waals surface area contributed by atoms with Crippen LogP contribution in [0.5, 0.6) is 5.75 Å². The van der Waals surface area contributed by atoms with Crippen molar-refractivity contribution in [3.63, 3.8) is 0 Å². The molecule has 1 rings (SSSR count). The topological polar surface area (TPSA) is 156 Å². The third-order valence-electron chi connectivity index (χ3n) is 3.93. The van der Waals surface area contributed by atoms with E-state index in [9.17, 15) is 38.9 Å². The Bertz CT molecular complexity index is 704. The minimum Gasteiger partial charge on any atom is -0.507 e. The van der Waals surface area contributed by atoms with Crippen molar-refractivity contribution in [2.24, 2.45) is 0 Å². The van der Waals surface area contributed by atoms with Crippen molar-refractivity contribution in [3.05, 3.63) is 28.8 Å². The monoisotopic (exact) mass is 396 g/mol. The van der Waals surface area contributed by atoms with Gasteiger partial charge < -0.3 is 29.8 Å². The predicted molar refractivity (Wildman–Crippen MR) is 93.5 cm³/mol. The highest BCUT2D eigenvalue weighted by Crippen LogP contribution is 2.73. The molecule has 0 saturated carbocycles. The van der Waals surface area contributed by atoms with Gasteiger partial charge in [-0.15, -0.1) is 0 Å². The van der Waals surface area contributed by atoms with Crippen molar-refractivity contribution in [1.82, 2.24) is 0 Å². The fourth-order valence-electron chi connectivity index (χ4n) is 2.48. The maximum absolute atomic E-state index is 11.8. The molecule has 0 atom stereocenters. The molecule has 0 radical (unpaired) electrons. The third-order valence-corrected chi connectivity index (χ3v) is 7.63. The normalized spacial score (nSPS) is 14.7. The van der Waals surface area contributed by atoms with E-state index in [1.54, 1.807) is 41.5 Å². The molecule has 0 amide bonds. The standard InChI is InChI=1S/C15H26O8P2/c1-13(2,3)10-7-9(8-11(12(10)16)14(4,5)6)15(17,24(18,19)20)25(21,22)23/h7-8,16-17H,1-6H3,(H2,18,19,20)(H2,21,22,23). The Morgan fingerprint density at radius 3 is 1.24 bits per heavy atom. The fourth-order valence-corrected chi connectivity index (χ4v) is 4.77. The number of phenolic OH excluding ortho intramolecular Hbond substituents is 1. The minimum absolute atomic E-state index is 0.150. The molecule has 0 bridgehead atoms. The number of rotatable bonds is 3. The van der Waals surface area contributed by atoms with Gasteiger partial charge in [-0.1, -0.05) is 41.5 Å². The van der Waals surface area contributed by atoms with Crippen LogP contribution in [0.3, 0.4) is 0 Å². The second-order valence-electron chi connectivity index (χ2n) is 8.14. The largest absolute Gasteiger partial charge is 0.507 e. The number of aliphatic hydroxyl groups is 1. The van der Waals surface area contributed by atoms with Crippen LogP contribution in [0.1, 0.15) is 58.2 Å². The van der Waals surface area contributed by atoms with Gasteiger partial charge in [0.2, 0.25) is 0 Å². The molecule has 0 unspecified atom stereocenters. The first-order valence-electron chi connectivity index (χ1n) is 7.46. The van der Waals surface area contributed by atoms with Crippen LogP contribution in [0, 0.1) is 0 Å². The predicted octanol–water partition coefficient (Wildman–Crippen LogP) is 2.45. The molecule has 0 aromatic heterocycles. The van der Waals surface area contributed by atoms with Crippen molar-refractivity contribution in [3.8, 4) is 5.75 Å². The molecule has 6 N–H and O–H groups in total. The molecule has 0 aliphatic rings. The first-order chi connectivity index (χ1) is 10.7. The smallest absolute Gasteiger partial charge is 0.374 e. The van der Waals surface area contributed by atoms with Gasteiger partial charge in [-0.2, -0.15) is 0 Å². The highest BCUT2D eigenvalue weighted by Gasteiger charge is 2.61. The number of hydrogen-bond donors (Lipinski definition) is 6. The molecular weight excluding hydrogens is 370 g/mol. The Morgan fingerprint density at radius 1 is 0.760 bits per heavy atom. The highest BCUT2D eigenvalue weighted by molar-refractivity contribution is 7.71. The zero-order chi connectivity index (χ0) is 20.2. The van der Waals surface area contributed by atoms with Crippen molar-refractivity contribution < 1.29 is 38.9 Å². The average molecular weight is 396 g/mol. The van der Waals surface area contributed by atoms with E-state index in [1.165, 1.54) is 0 Å². The van der Waals surface area contributed by atoms with Crippen molar-refractivity contribution in [2.45, 2.75) is 57.5 Å².